The van der Waals surface area contributed by atoms with E-state index in [4.69, 9.17) is 26.8 Å². The lowest BCUT2D eigenvalue weighted by molar-refractivity contribution is 0.0987. The summed E-state index contributed by atoms with van der Waals surface area (Å²) in [6.07, 6.45) is 2.54. The van der Waals surface area contributed by atoms with Crippen LogP contribution in [0.1, 0.15) is 22.8 Å². The summed E-state index contributed by atoms with van der Waals surface area (Å²) in [5.41, 5.74) is 5.50. The van der Waals surface area contributed by atoms with Gasteiger partial charge in [0.25, 0.3) is 5.56 Å². The van der Waals surface area contributed by atoms with Gasteiger partial charge >= 0.3 is 0 Å². The number of halogens is 3. The van der Waals surface area contributed by atoms with Crippen LogP contribution in [0.2, 0.25) is 5.02 Å². The summed E-state index contributed by atoms with van der Waals surface area (Å²) in [5, 5.41) is 0.0427. The number of rotatable bonds is 8. The van der Waals surface area contributed by atoms with Crippen molar-refractivity contribution in [1.82, 2.24) is 9.55 Å². The summed E-state index contributed by atoms with van der Waals surface area (Å²) >= 11 is 6.04. The van der Waals surface area contributed by atoms with Crippen LogP contribution in [0.4, 0.5) is 14.6 Å². The number of carbonyl (C=O) groups is 1. The van der Waals surface area contributed by atoms with E-state index >= 15 is 0 Å². The first-order valence-electron chi connectivity index (χ1n) is 10.8. The molecular weight excluding hydrogens is 492 g/mol. The van der Waals surface area contributed by atoms with Crippen LogP contribution in [0.25, 0.3) is 5.69 Å². The van der Waals surface area contributed by atoms with Crippen molar-refractivity contribution in [3.05, 3.63) is 105 Å². The maximum Gasteiger partial charge on any atom is 0.269 e. The molecule has 2 aromatic carbocycles. The van der Waals surface area contributed by atoms with Gasteiger partial charge in [0.2, 0.25) is 0 Å². The van der Waals surface area contributed by atoms with Crippen molar-refractivity contribution in [1.29, 1.82) is 0 Å². The first kappa shape index (κ1) is 24.9. The van der Waals surface area contributed by atoms with E-state index in [-0.39, 0.29) is 46.7 Å². The van der Waals surface area contributed by atoms with Crippen LogP contribution in [0.3, 0.4) is 0 Å². The molecule has 0 spiro atoms. The van der Waals surface area contributed by atoms with E-state index in [0.29, 0.717) is 11.3 Å². The molecule has 2 aromatic heterocycles. The number of benzene rings is 2. The van der Waals surface area contributed by atoms with Crippen LogP contribution in [-0.4, -0.2) is 21.9 Å². The molecule has 0 saturated heterocycles. The van der Waals surface area contributed by atoms with E-state index in [1.807, 2.05) is 0 Å². The minimum Gasteiger partial charge on any atom is -0.493 e. The molecule has 0 bridgehead atoms. The molecule has 2 N–H and O–H groups in total. The molecule has 0 fully saturated rings. The molecule has 4 rings (SSSR count). The number of pyridine rings is 2. The monoisotopic (exact) mass is 511 g/mol. The van der Waals surface area contributed by atoms with Crippen molar-refractivity contribution in [2.75, 3.05) is 12.3 Å². The van der Waals surface area contributed by atoms with E-state index in [1.54, 1.807) is 6.92 Å². The predicted molar refractivity (Wildman–Crippen MR) is 131 cm³/mol. The van der Waals surface area contributed by atoms with Crippen LogP contribution in [0.5, 0.6) is 17.2 Å². The average molecular weight is 512 g/mol. The SMILES string of the molecule is CCOc1ccn(-c2ccc(F)cc2)c(=O)c1C(=O)Cc1ccc(Oc2ccnc(N)c2Cl)c(F)c1. The molecule has 0 radical (unpaired) electrons. The molecule has 0 saturated carbocycles. The van der Waals surface area contributed by atoms with Crippen LogP contribution < -0.4 is 20.8 Å². The van der Waals surface area contributed by atoms with Crippen molar-refractivity contribution < 1.29 is 23.0 Å². The zero-order valence-electron chi connectivity index (χ0n) is 19.0. The van der Waals surface area contributed by atoms with E-state index in [0.717, 1.165) is 6.07 Å². The molecule has 36 heavy (non-hydrogen) atoms. The largest absolute Gasteiger partial charge is 0.493 e. The van der Waals surface area contributed by atoms with Crippen molar-refractivity contribution in [3.8, 4) is 22.9 Å². The minimum absolute atomic E-state index is 0.0380. The highest BCUT2D eigenvalue weighted by atomic mass is 35.5. The third-order valence-electron chi connectivity index (χ3n) is 5.20. The van der Waals surface area contributed by atoms with Gasteiger partial charge in [0.1, 0.15) is 28.0 Å². The quantitative estimate of drug-likeness (QED) is 0.320. The Morgan fingerprint density at radius 1 is 1.06 bits per heavy atom. The second kappa shape index (κ2) is 10.6. The number of nitrogens with zero attached hydrogens (tertiary/aromatic N) is 2. The molecule has 0 aliphatic heterocycles. The molecule has 184 valence electrons. The van der Waals surface area contributed by atoms with E-state index in [2.05, 4.69) is 4.98 Å². The van der Waals surface area contributed by atoms with Crippen LogP contribution in [0.15, 0.2) is 71.8 Å². The molecule has 10 heteroatoms. The summed E-state index contributed by atoms with van der Waals surface area (Å²) in [5.74, 6) is -1.64. The van der Waals surface area contributed by atoms with Crippen molar-refractivity contribution >= 4 is 23.2 Å². The Balaban J connectivity index is 1.63. The Hall–Kier alpha value is -4.24. The number of ether oxygens (including phenoxy) is 2. The molecule has 0 amide bonds. The molecule has 0 unspecified atom stereocenters. The number of Topliss-reactive ketones (excluding diaryl/α,β-unsaturated/α-hetero) is 1. The lowest BCUT2D eigenvalue weighted by Crippen LogP contribution is -2.27. The topological polar surface area (TPSA) is 96.4 Å². The van der Waals surface area contributed by atoms with Gasteiger partial charge < -0.3 is 15.2 Å². The standard InChI is InChI=1S/C26H20ClF2N3O4/c1-2-35-21-10-12-32(17-6-4-16(28)5-7-17)26(34)23(21)19(33)14-15-3-8-20(18(29)13-15)36-22-9-11-31-25(30)24(22)27/h3-13H,2,14H2,1H3,(H2,30,31). The van der Waals surface area contributed by atoms with E-state index < -0.39 is 23.0 Å². The molecule has 4 aromatic rings. The number of nitrogen functional groups attached to an aromatic ring is 1. The van der Waals surface area contributed by atoms with Crippen LogP contribution in [0, 0.1) is 11.6 Å². The highest BCUT2D eigenvalue weighted by molar-refractivity contribution is 6.34. The Morgan fingerprint density at radius 3 is 2.50 bits per heavy atom. The van der Waals surface area contributed by atoms with Gasteiger partial charge in [-0.15, -0.1) is 0 Å². The molecule has 2 heterocycles. The second-order valence-electron chi connectivity index (χ2n) is 7.61. The maximum atomic E-state index is 14.8. The molecule has 0 aliphatic carbocycles. The number of hydrogen-bond acceptors (Lipinski definition) is 6. The van der Waals surface area contributed by atoms with Gasteiger partial charge in [0, 0.05) is 30.6 Å². The predicted octanol–water partition coefficient (Wildman–Crippen LogP) is 5.36. The number of hydrogen-bond donors (Lipinski definition) is 1. The minimum atomic E-state index is -0.742. The van der Waals surface area contributed by atoms with Gasteiger partial charge in [-0.25, -0.2) is 13.8 Å². The summed E-state index contributed by atoms with van der Waals surface area (Å²) < 4.78 is 40.3. The highest BCUT2D eigenvalue weighted by Gasteiger charge is 2.21. The lowest BCUT2D eigenvalue weighted by Gasteiger charge is -2.13. The molecule has 0 atom stereocenters. The van der Waals surface area contributed by atoms with Crippen molar-refractivity contribution in [2.24, 2.45) is 0 Å². The van der Waals surface area contributed by atoms with Gasteiger partial charge in [-0.2, -0.15) is 0 Å². The van der Waals surface area contributed by atoms with Crippen LogP contribution >= 0.6 is 11.6 Å². The van der Waals surface area contributed by atoms with E-state index in [9.17, 15) is 18.4 Å². The Morgan fingerprint density at radius 2 is 1.81 bits per heavy atom. The number of ketones is 1. The average Bonchev–Trinajstić information content (AvgIpc) is 2.84. The van der Waals surface area contributed by atoms with Crippen molar-refractivity contribution in [2.45, 2.75) is 13.3 Å². The number of carbonyl (C=O) groups excluding carboxylic acids is 1. The third kappa shape index (κ3) is 5.21. The third-order valence-corrected chi connectivity index (χ3v) is 5.58. The fourth-order valence-corrected chi connectivity index (χ4v) is 3.66. The molecule has 7 nitrogen and oxygen atoms in total. The maximum absolute atomic E-state index is 14.8. The van der Waals surface area contributed by atoms with Gasteiger partial charge in [-0.3, -0.25) is 14.2 Å². The highest BCUT2D eigenvalue weighted by Crippen LogP contribution is 2.33. The fraction of sp³-hybridized carbons (Fsp3) is 0.115. The zero-order chi connectivity index (χ0) is 25.8. The Labute approximate surface area is 209 Å². The summed E-state index contributed by atoms with van der Waals surface area (Å²) in [7, 11) is 0. The van der Waals surface area contributed by atoms with Crippen molar-refractivity contribution in [3.63, 3.8) is 0 Å². The zero-order valence-corrected chi connectivity index (χ0v) is 19.8. The van der Waals surface area contributed by atoms with Gasteiger partial charge in [0.15, 0.2) is 23.1 Å². The first-order chi connectivity index (χ1) is 17.3. The fourth-order valence-electron chi connectivity index (χ4n) is 3.51. The summed E-state index contributed by atoms with van der Waals surface area (Å²) in [6.45, 7) is 1.94. The van der Waals surface area contributed by atoms with Gasteiger partial charge in [-0.05, 0) is 55.0 Å². The smallest absolute Gasteiger partial charge is 0.269 e. The van der Waals surface area contributed by atoms with Gasteiger partial charge in [-0.1, -0.05) is 17.7 Å². The normalized spacial score (nSPS) is 10.8. The van der Waals surface area contributed by atoms with Crippen LogP contribution in [-0.2, 0) is 6.42 Å². The second-order valence-corrected chi connectivity index (χ2v) is 7.99. The Kier molecular flexibility index (Phi) is 7.30. The lowest BCUT2D eigenvalue weighted by atomic mass is 10.0. The summed E-state index contributed by atoms with van der Waals surface area (Å²) in [4.78, 5) is 30.2. The van der Waals surface area contributed by atoms with E-state index in [1.165, 1.54) is 65.5 Å². The number of aromatic nitrogens is 2. The van der Waals surface area contributed by atoms with Gasteiger partial charge in [0.05, 0.1) is 6.61 Å². The Bertz CT molecular complexity index is 1490. The molecular formula is C26H20ClF2N3O4. The first-order valence-corrected chi connectivity index (χ1v) is 11.2. The number of anilines is 1. The number of nitrogens with two attached hydrogens (primary N) is 1. The molecule has 0 aliphatic rings. The summed E-state index contributed by atoms with van der Waals surface area (Å²) in [6, 6.07) is 12.2.